The molecule has 24 heavy (non-hydrogen) atoms. The molecule has 1 aliphatic heterocycles. The second-order valence-corrected chi connectivity index (χ2v) is 6.34. The third-order valence-electron chi connectivity index (χ3n) is 4.12. The summed E-state index contributed by atoms with van der Waals surface area (Å²) in [6.07, 6.45) is 4.11. The van der Waals surface area contributed by atoms with E-state index in [4.69, 9.17) is 16.3 Å². The van der Waals surface area contributed by atoms with Crippen LogP contribution in [0.15, 0.2) is 30.3 Å². The van der Waals surface area contributed by atoms with E-state index in [2.05, 4.69) is 16.5 Å². The minimum absolute atomic E-state index is 0.145. The number of benzene rings is 1. The predicted molar refractivity (Wildman–Crippen MR) is 94.1 cm³/mol. The van der Waals surface area contributed by atoms with Crippen LogP contribution in [-0.2, 0) is 18.3 Å². The molecule has 0 saturated heterocycles. The average molecular weight is 346 g/mol. The van der Waals surface area contributed by atoms with Crippen molar-refractivity contribution in [3.05, 3.63) is 52.3 Å². The van der Waals surface area contributed by atoms with Crippen LogP contribution in [0.4, 0.5) is 0 Å². The molecule has 6 heteroatoms. The molecule has 2 heterocycles. The number of carbonyl (C=O) groups is 1. The Morgan fingerprint density at radius 3 is 3.04 bits per heavy atom. The molecular formula is C18H20ClN3O2. The van der Waals surface area contributed by atoms with Gasteiger partial charge in [-0.15, -0.1) is 0 Å². The number of hydrogen-bond acceptors (Lipinski definition) is 3. The van der Waals surface area contributed by atoms with Crippen molar-refractivity contribution in [2.45, 2.75) is 13.3 Å². The van der Waals surface area contributed by atoms with Gasteiger partial charge in [0.2, 0.25) is 5.91 Å². The molecule has 0 spiro atoms. The molecule has 3 rings (SSSR count). The van der Waals surface area contributed by atoms with Gasteiger partial charge in [-0.1, -0.05) is 29.8 Å². The molecule has 0 saturated carbocycles. The van der Waals surface area contributed by atoms with Gasteiger partial charge in [-0.2, -0.15) is 5.10 Å². The Kier molecular flexibility index (Phi) is 4.90. The second-order valence-electron chi connectivity index (χ2n) is 5.98. The Morgan fingerprint density at radius 2 is 2.29 bits per heavy atom. The van der Waals surface area contributed by atoms with E-state index in [0.29, 0.717) is 18.3 Å². The van der Waals surface area contributed by atoms with Gasteiger partial charge >= 0.3 is 0 Å². The first-order chi connectivity index (χ1) is 11.5. The van der Waals surface area contributed by atoms with E-state index < -0.39 is 0 Å². The predicted octanol–water partition coefficient (Wildman–Crippen LogP) is 2.76. The van der Waals surface area contributed by atoms with Gasteiger partial charge in [0.05, 0.1) is 12.3 Å². The van der Waals surface area contributed by atoms with Crippen molar-refractivity contribution in [1.29, 1.82) is 0 Å². The highest BCUT2D eigenvalue weighted by atomic mass is 35.5. The maximum Gasteiger partial charge on any atom is 0.244 e. The number of ether oxygens (including phenoxy) is 1. The van der Waals surface area contributed by atoms with Crippen LogP contribution in [0.25, 0.3) is 6.08 Å². The minimum Gasteiger partial charge on any atom is -0.493 e. The summed E-state index contributed by atoms with van der Waals surface area (Å²) in [6.45, 7) is 3.06. The van der Waals surface area contributed by atoms with Crippen molar-refractivity contribution in [2.24, 2.45) is 13.0 Å². The van der Waals surface area contributed by atoms with Crippen LogP contribution in [-0.4, -0.2) is 28.8 Å². The molecule has 1 N–H and O–H groups in total. The summed E-state index contributed by atoms with van der Waals surface area (Å²) < 4.78 is 7.32. The standard InChI is InChI=1S/C18H20ClN3O2/c1-12-15(18(19)22(2)21-12)7-8-17(23)20-10-13-9-14-5-3-4-6-16(14)24-11-13/h3-8,13H,9-11H2,1-2H3,(H,20,23)/b8-7+. The Balaban J connectivity index is 1.54. The fraction of sp³-hybridized carbons (Fsp3) is 0.333. The number of nitrogens with one attached hydrogen (secondary N) is 1. The van der Waals surface area contributed by atoms with Gasteiger partial charge in [-0.25, -0.2) is 0 Å². The summed E-state index contributed by atoms with van der Waals surface area (Å²) in [7, 11) is 1.77. The lowest BCUT2D eigenvalue weighted by molar-refractivity contribution is -0.116. The minimum atomic E-state index is -0.145. The number of aromatic nitrogens is 2. The number of para-hydroxylation sites is 1. The normalized spacial score (nSPS) is 16.7. The average Bonchev–Trinajstić information content (AvgIpc) is 2.83. The number of nitrogens with zero attached hydrogens (tertiary/aromatic N) is 2. The number of carbonyl (C=O) groups excluding carboxylic acids is 1. The molecule has 1 aromatic heterocycles. The number of hydrogen-bond donors (Lipinski definition) is 1. The maximum absolute atomic E-state index is 12.0. The van der Waals surface area contributed by atoms with Crippen LogP contribution in [0.5, 0.6) is 5.75 Å². The number of fused-ring (bicyclic) bond motifs is 1. The second kappa shape index (κ2) is 7.09. The van der Waals surface area contributed by atoms with Crippen LogP contribution in [0.3, 0.4) is 0 Å². The molecule has 0 aliphatic carbocycles. The number of amides is 1. The Morgan fingerprint density at radius 1 is 1.50 bits per heavy atom. The molecule has 1 aromatic carbocycles. The van der Waals surface area contributed by atoms with Crippen molar-refractivity contribution in [2.75, 3.05) is 13.2 Å². The molecule has 5 nitrogen and oxygen atoms in total. The molecular weight excluding hydrogens is 326 g/mol. The van der Waals surface area contributed by atoms with Gasteiger partial charge in [0, 0.05) is 31.1 Å². The van der Waals surface area contributed by atoms with E-state index in [1.165, 1.54) is 11.6 Å². The van der Waals surface area contributed by atoms with Crippen LogP contribution < -0.4 is 10.1 Å². The van der Waals surface area contributed by atoms with Crippen LogP contribution in [0.2, 0.25) is 5.15 Å². The van der Waals surface area contributed by atoms with Gasteiger partial charge in [-0.05, 0) is 31.1 Å². The van der Waals surface area contributed by atoms with Crippen molar-refractivity contribution in [1.82, 2.24) is 15.1 Å². The molecule has 2 aromatic rings. The fourth-order valence-electron chi connectivity index (χ4n) is 2.82. The van der Waals surface area contributed by atoms with E-state index in [-0.39, 0.29) is 11.8 Å². The summed E-state index contributed by atoms with van der Waals surface area (Å²) in [6, 6.07) is 8.02. The summed E-state index contributed by atoms with van der Waals surface area (Å²) >= 11 is 6.15. The molecule has 0 radical (unpaired) electrons. The van der Waals surface area contributed by atoms with E-state index in [9.17, 15) is 4.79 Å². The molecule has 1 unspecified atom stereocenters. The largest absolute Gasteiger partial charge is 0.493 e. The van der Waals surface area contributed by atoms with E-state index in [1.54, 1.807) is 17.8 Å². The fourth-order valence-corrected chi connectivity index (χ4v) is 3.06. The third kappa shape index (κ3) is 3.62. The Bertz CT molecular complexity index is 783. The third-order valence-corrected chi connectivity index (χ3v) is 4.57. The molecule has 0 fully saturated rings. The monoisotopic (exact) mass is 345 g/mol. The van der Waals surface area contributed by atoms with Crippen molar-refractivity contribution < 1.29 is 9.53 Å². The molecule has 1 aliphatic rings. The van der Waals surface area contributed by atoms with Gasteiger partial charge in [0.1, 0.15) is 10.9 Å². The Labute approximate surface area is 146 Å². The summed E-state index contributed by atoms with van der Waals surface area (Å²) in [5.74, 6) is 1.08. The first kappa shape index (κ1) is 16.6. The van der Waals surface area contributed by atoms with E-state index >= 15 is 0 Å². The highest BCUT2D eigenvalue weighted by Crippen LogP contribution is 2.26. The number of aryl methyl sites for hydroxylation is 2. The van der Waals surface area contributed by atoms with Crippen LogP contribution in [0.1, 0.15) is 16.8 Å². The van der Waals surface area contributed by atoms with E-state index in [1.807, 2.05) is 25.1 Å². The molecule has 126 valence electrons. The van der Waals surface area contributed by atoms with Gasteiger partial charge in [0.15, 0.2) is 0 Å². The van der Waals surface area contributed by atoms with Crippen LogP contribution in [0, 0.1) is 12.8 Å². The lowest BCUT2D eigenvalue weighted by atomic mass is 9.97. The quantitative estimate of drug-likeness (QED) is 0.867. The molecule has 1 amide bonds. The highest BCUT2D eigenvalue weighted by molar-refractivity contribution is 6.31. The summed E-state index contributed by atoms with van der Waals surface area (Å²) in [4.78, 5) is 12.0. The number of halogens is 1. The number of rotatable bonds is 4. The van der Waals surface area contributed by atoms with Crippen LogP contribution >= 0.6 is 11.6 Å². The van der Waals surface area contributed by atoms with Crippen molar-refractivity contribution in [3.8, 4) is 5.75 Å². The SMILES string of the molecule is Cc1nn(C)c(Cl)c1/C=C/C(=O)NCC1COc2ccccc2C1. The zero-order valence-electron chi connectivity index (χ0n) is 13.8. The van der Waals surface area contributed by atoms with E-state index in [0.717, 1.165) is 23.4 Å². The highest BCUT2D eigenvalue weighted by Gasteiger charge is 2.19. The lowest BCUT2D eigenvalue weighted by Gasteiger charge is -2.25. The zero-order chi connectivity index (χ0) is 17.1. The molecule has 0 bridgehead atoms. The van der Waals surface area contributed by atoms with Gasteiger partial charge < -0.3 is 10.1 Å². The Hall–Kier alpha value is -2.27. The van der Waals surface area contributed by atoms with Gasteiger partial charge in [-0.3, -0.25) is 9.48 Å². The van der Waals surface area contributed by atoms with Crippen molar-refractivity contribution in [3.63, 3.8) is 0 Å². The smallest absolute Gasteiger partial charge is 0.244 e. The maximum atomic E-state index is 12.0. The molecule has 1 atom stereocenters. The summed E-state index contributed by atoms with van der Waals surface area (Å²) in [5, 5.41) is 7.66. The first-order valence-electron chi connectivity index (χ1n) is 7.90. The topological polar surface area (TPSA) is 56.2 Å². The summed E-state index contributed by atoms with van der Waals surface area (Å²) in [5.41, 5.74) is 2.75. The van der Waals surface area contributed by atoms with Gasteiger partial charge in [0.25, 0.3) is 0 Å². The zero-order valence-corrected chi connectivity index (χ0v) is 14.5. The first-order valence-corrected chi connectivity index (χ1v) is 8.28. The lowest BCUT2D eigenvalue weighted by Crippen LogP contribution is -2.33. The van der Waals surface area contributed by atoms with Crippen molar-refractivity contribution >= 4 is 23.6 Å².